The van der Waals surface area contributed by atoms with E-state index in [0.717, 1.165) is 12.8 Å². The summed E-state index contributed by atoms with van der Waals surface area (Å²) in [5, 5.41) is 10.1. The largest absolute Gasteiger partial charge is 2.00 e. The van der Waals surface area contributed by atoms with Gasteiger partial charge in [-0.25, -0.2) is 0 Å². The first-order valence-corrected chi connectivity index (χ1v) is 4.84. The van der Waals surface area contributed by atoms with Crippen molar-refractivity contribution in [3.8, 4) is 0 Å². The van der Waals surface area contributed by atoms with Crippen LogP contribution in [0, 0.1) is 11.3 Å². The minimum Gasteiger partial charge on any atom is -0.392 e. The monoisotopic (exact) mass is 222 g/mol. The van der Waals surface area contributed by atoms with Crippen LogP contribution in [0.4, 0.5) is 0 Å². The predicted octanol–water partition coefficient (Wildman–Crippen LogP) is 3.18. The molecule has 13 heavy (non-hydrogen) atoms. The third kappa shape index (κ3) is 3.30. The van der Waals surface area contributed by atoms with Crippen LogP contribution in [0.2, 0.25) is 0 Å². The van der Waals surface area contributed by atoms with E-state index in [0.29, 0.717) is 0 Å². The Hall–Kier alpha value is 0.544. The van der Waals surface area contributed by atoms with Gasteiger partial charge in [-0.15, -0.1) is 5.41 Å². The minimum absolute atomic E-state index is 0. The van der Waals surface area contributed by atoms with E-state index in [1.807, 2.05) is 13.8 Å². The Morgan fingerprint density at radius 3 is 1.77 bits per heavy atom. The molecule has 0 bridgehead atoms. The average Bonchev–Trinajstić information content (AvgIpc) is 2.02. The average molecular weight is 222 g/mol. The van der Waals surface area contributed by atoms with E-state index in [-0.39, 0.29) is 24.0 Å². The molecule has 2 heteroatoms. The fourth-order valence-corrected chi connectivity index (χ4v) is 1.34. The van der Waals surface area contributed by atoms with Crippen LogP contribution in [0.3, 0.4) is 0 Å². The van der Waals surface area contributed by atoms with Gasteiger partial charge in [-0.1, -0.05) is 27.7 Å². The van der Waals surface area contributed by atoms with Gasteiger partial charge in [0.2, 0.25) is 0 Å². The van der Waals surface area contributed by atoms with Crippen LogP contribution < -0.4 is 0 Å². The Morgan fingerprint density at radius 1 is 1.15 bits per heavy atom. The molecule has 0 aromatic heterocycles. The third-order valence-corrected chi connectivity index (χ3v) is 3.63. The molecule has 1 N–H and O–H groups in total. The Morgan fingerprint density at radius 2 is 1.54 bits per heavy atom. The van der Waals surface area contributed by atoms with E-state index in [2.05, 4.69) is 27.7 Å². The molecule has 1 atom stereocenters. The first-order valence-electron chi connectivity index (χ1n) is 4.84. The fourth-order valence-electron chi connectivity index (χ4n) is 1.34. The van der Waals surface area contributed by atoms with E-state index in [9.17, 15) is 5.11 Å². The number of aliphatic hydroxyl groups is 1. The second-order valence-corrected chi connectivity index (χ2v) is 4.39. The van der Waals surface area contributed by atoms with Crippen LogP contribution >= 0.6 is 0 Å². The van der Waals surface area contributed by atoms with Crippen LogP contribution in [0.15, 0.2) is 0 Å². The summed E-state index contributed by atoms with van der Waals surface area (Å²) in [6.07, 6.45) is 1.85. The van der Waals surface area contributed by atoms with Gasteiger partial charge in [0, 0.05) is 5.60 Å². The second kappa shape index (κ2) is 5.43. The first kappa shape index (κ1) is 16.0. The quantitative estimate of drug-likeness (QED) is 0.724. The van der Waals surface area contributed by atoms with Crippen LogP contribution in [0.25, 0.3) is 0 Å². The molecular weight excluding hydrogens is 199 g/mol. The molecule has 0 amide bonds. The standard InChI is InChI=1S/C11H23O.V/c1-7-9(3)10(4,5)11(6,12)8-2;/h12H,7-8H2,1-6H3;/q-1;+2. The molecule has 1 unspecified atom stereocenters. The van der Waals surface area contributed by atoms with Gasteiger partial charge in [0.05, 0.1) is 0 Å². The summed E-state index contributed by atoms with van der Waals surface area (Å²) in [5.74, 6) is 1.37. The normalized spacial score (nSPS) is 16.6. The van der Waals surface area contributed by atoms with Crippen LogP contribution in [-0.2, 0) is 18.6 Å². The van der Waals surface area contributed by atoms with Gasteiger partial charge in [-0.2, -0.15) is 13.3 Å². The molecule has 1 nitrogen and oxygen atoms in total. The van der Waals surface area contributed by atoms with Gasteiger partial charge in [0.1, 0.15) is 0 Å². The van der Waals surface area contributed by atoms with Crippen molar-refractivity contribution in [2.45, 2.75) is 60.0 Å². The van der Waals surface area contributed by atoms with E-state index in [4.69, 9.17) is 0 Å². The molecule has 0 aliphatic heterocycles. The van der Waals surface area contributed by atoms with Crippen molar-refractivity contribution in [1.29, 1.82) is 0 Å². The molecular formula is C11H23OV+. The van der Waals surface area contributed by atoms with Crippen molar-refractivity contribution in [3.63, 3.8) is 0 Å². The summed E-state index contributed by atoms with van der Waals surface area (Å²) in [6.45, 7) is 12.5. The van der Waals surface area contributed by atoms with Gasteiger partial charge < -0.3 is 11.0 Å². The molecule has 0 aromatic carbocycles. The Labute approximate surface area is 95.2 Å². The molecule has 77 valence electrons. The number of hydrogen-bond donors (Lipinski definition) is 1. The van der Waals surface area contributed by atoms with E-state index in [1.54, 1.807) is 0 Å². The number of rotatable bonds is 4. The van der Waals surface area contributed by atoms with Gasteiger partial charge in [0.15, 0.2) is 0 Å². The molecule has 0 aromatic rings. The fraction of sp³-hybridized carbons (Fsp3) is 0.909. The Kier molecular flexibility index (Phi) is 6.68. The number of hydrogen-bond acceptors (Lipinski definition) is 1. The zero-order chi connectivity index (χ0) is 9.99. The van der Waals surface area contributed by atoms with E-state index >= 15 is 0 Å². The predicted molar refractivity (Wildman–Crippen MR) is 53.9 cm³/mol. The molecule has 0 aliphatic rings. The van der Waals surface area contributed by atoms with Crippen LogP contribution in [-0.4, -0.2) is 10.7 Å². The maximum atomic E-state index is 10.1. The van der Waals surface area contributed by atoms with Gasteiger partial charge >= 0.3 is 18.6 Å². The zero-order valence-corrected chi connectivity index (χ0v) is 11.2. The SMILES string of the molecule is CC[C-](C)C(C)(C)C(C)(O)CC.[V+2]. The summed E-state index contributed by atoms with van der Waals surface area (Å²) >= 11 is 0. The summed E-state index contributed by atoms with van der Waals surface area (Å²) in [6, 6.07) is 0. The maximum Gasteiger partial charge on any atom is 2.00 e. The van der Waals surface area contributed by atoms with Crippen molar-refractivity contribution in [2.24, 2.45) is 5.41 Å². The van der Waals surface area contributed by atoms with E-state index in [1.165, 1.54) is 5.92 Å². The minimum atomic E-state index is -0.576. The maximum absolute atomic E-state index is 10.1. The Balaban J connectivity index is 0. The smallest absolute Gasteiger partial charge is 0.392 e. The van der Waals surface area contributed by atoms with Crippen LogP contribution in [0.5, 0.6) is 0 Å². The second-order valence-electron chi connectivity index (χ2n) is 4.39. The summed E-state index contributed by atoms with van der Waals surface area (Å²) in [5.41, 5.74) is -0.649. The molecule has 0 rings (SSSR count). The van der Waals surface area contributed by atoms with Gasteiger partial charge in [-0.3, -0.25) is 0 Å². The van der Waals surface area contributed by atoms with Crippen molar-refractivity contribution < 1.29 is 23.7 Å². The summed E-state index contributed by atoms with van der Waals surface area (Å²) in [4.78, 5) is 0. The summed E-state index contributed by atoms with van der Waals surface area (Å²) < 4.78 is 0. The molecule has 0 aliphatic carbocycles. The Bertz CT molecular complexity index is 141. The van der Waals surface area contributed by atoms with Crippen molar-refractivity contribution in [3.05, 3.63) is 5.92 Å². The molecule has 0 saturated heterocycles. The van der Waals surface area contributed by atoms with Gasteiger partial charge in [-0.05, 0) is 13.3 Å². The van der Waals surface area contributed by atoms with E-state index < -0.39 is 5.60 Å². The van der Waals surface area contributed by atoms with Crippen molar-refractivity contribution >= 4 is 0 Å². The molecule has 0 saturated carbocycles. The summed E-state index contributed by atoms with van der Waals surface area (Å²) in [7, 11) is 0. The van der Waals surface area contributed by atoms with Crippen molar-refractivity contribution in [1.82, 2.24) is 0 Å². The zero-order valence-electron chi connectivity index (χ0n) is 9.81. The van der Waals surface area contributed by atoms with Gasteiger partial charge in [0.25, 0.3) is 0 Å². The molecule has 0 fully saturated rings. The third-order valence-electron chi connectivity index (χ3n) is 3.63. The molecule has 0 heterocycles. The first-order chi connectivity index (χ1) is 5.29. The van der Waals surface area contributed by atoms with Crippen molar-refractivity contribution in [2.75, 3.05) is 0 Å². The topological polar surface area (TPSA) is 20.2 Å². The van der Waals surface area contributed by atoms with Crippen LogP contribution in [0.1, 0.15) is 54.4 Å². The molecule has 1 radical (unpaired) electrons. The molecule has 0 spiro atoms.